The maximum absolute atomic E-state index is 12.5. The summed E-state index contributed by atoms with van der Waals surface area (Å²) in [5.41, 5.74) is -0.893. The summed E-state index contributed by atoms with van der Waals surface area (Å²) >= 11 is 5.93. The number of ether oxygens (including phenoxy) is 1. The number of rotatable bonds is 0. The monoisotopic (exact) mass is 316 g/mol. The van der Waals surface area contributed by atoms with E-state index in [9.17, 15) is 13.2 Å². The Hall–Kier alpha value is -1.15. The molecule has 1 unspecified atom stereocenters. The molecule has 0 spiro atoms. The molecule has 20 heavy (non-hydrogen) atoms. The second-order valence-corrected chi connectivity index (χ2v) is 7.54. The largest absolute Gasteiger partial charge is 0.325 e. The Morgan fingerprint density at radius 2 is 1.95 bits per heavy atom. The van der Waals surface area contributed by atoms with Gasteiger partial charge in [0.05, 0.1) is 5.69 Å². The van der Waals surface area contributed by atoms with Crippen molar-refractivity contribution in [3.8, 4) is 0 Å². The van der Waals surface area contributed by atoms with Crippen molar-refractivity contribution in [1.82, 2.24) is 4.72 Å². The maximum atomic E-state index is 12.5. The van der Waals surface area contributed by atoms with Crippen molar-refractivity contribution in [3.05, 3.63) is 23.2 Å². The van der Waals surface area contributed by atoms with Gasteiger partial charge in [0, 0.05) is 5.02 Å². The van der Waals surface area contributed by atoms with Crippen molar-refractivity contribution in [3.63, 3.8) is 0 Å². The summed E-state index contributed by atoms with van der Waals surface area (Å²) in [7, 11) is -3.77. The molecule has 0 bridgehead atoms. The Bertz CT molecular complexity index is 731. The summed E-state index contributed by atoms with van der Waals surface area (Å²) in [4.78, 5) is 13.8. The summed E-state index contributed by atoms with van der Waals surface area (Å²) in [6.07, 6.45) is 0. The van der Waals surface area contributed by atoms with Crippen LogP contribution in [0, 0.1) is 0 Å². The highest BCUT2D eigenvalue weighted by molar-refractivity contribution is 7.89. The van der Waals surface area contributed by atoms with E-state index < -0.39 is 21.5 Å². The number of hydrogen-bond acceptors (Lipinski definition) is 4. The van der Waals surface area contributed by atoms with E-state index >= 15 is 0 Å². The number of carbonyl (C=O) groups excluding carboxylic acids is 1. The fourth-order valence-corrected chi connectivity index (χ4v) is 4.23. The molecule has 3 rings (SSSR count). The Balaban J connectivity index is 2.32. The fraction of sp³-hybridized carbons (Fsp3) is 0.417. The lowest BCUT2D eigenvalue weighted by atomic mass is 10.1. The second-order valence-electron chi connectivity index (χ2n) is 5.45. The summed E-state index contributed by atoms with van der Waals surface area (Å²) in [6, 6.07) is 4.29. The molecule has 1 saturated heterocycles. The lowest BCUT2D eigenvalue weighted by molar-refractivity contribution is -0.133. The van der Waals surface area contributed by atoms with E-state index in [1.807, 2.05) is 0 Å². The van der Waals surface area contributed by atoms with Gasteiger partial charge < -0.3 is 4.74 Å². The number of fused-ring (bicyclic) bond motifs is 3. The molecule has 108 valence electrons. The number of nitrogens with one attached hydrogen (secondary N) is 1. The van der Waals surface area contributed by atoms with Crippen LogP contribution in [0.5, 0.6) is 0 Å². The van der Waals surface area contributed by atoms with Crippen LogP contribution in [0.25, 0.3) is 0 Å². The standard InChI is InChI=1S/C12H13ClN2O4S/c1-11(2)10(16)15-8-6-7(13)4-5-9(8)20(17,18)14-12(15,3)19-11/h4-6,14H,1-3H3. The zero-order valence-corrected chi connectivity index (χ0v) is 12.7. The van der Waals surface area contributed by atoms with Gasteiger partial charge in [-0.3, -0.25) is 9.69 Å². The Labute approximate surface area is 121 Å². The van der Waals surface area contributed by atoms with Gasteiger partial charge in [0.1, 0.15) is 10.5 Å². The first-order chi connectivity index (χ1) is 9.07. The predicted octanol–water partition coefficient (Wildman–Crippen LogP) is 1.45. The fourth-order valence-electron chi connectivity index (χ4n) is 2.65. The van der Waals surface area contributed by atoms with Crippen LogP contribution >= 0.6 is 11.6 Å². The SMILES string of the molecule is CC1(C)OC2(C)NS(=O)(=O)c3ccc(Cl)cc3N2C1=O. The first kappa shape index (κ1) is 13.8. The van der Waals surface area contributed by atoms with Gasteiger partial charge in [0.15, 0.2) is 0 Å². The van der Waals surface area contributed by atoms with Gasteiger partial charge >= 0.3 is 0 Å². The minimum absolute atomic E-state index is 0.00836. The number of amides is 1. The molecule has 0 aromatic heterocycles. The van der Waals surface area contributed by atoms with E-state index in [1.165, 1.54) is 30.0 Å². The van der Waals surface area contributed by atoms with E-state index in [-0.39, 0.29) is 16.5 Å². The zero-order valence-electron chi connectivity index (χ0n) is 11.1. The molecule has 2 aliphatic heterocycles. The van der Waals surface area contributed by atoms with Crippen molar-refractivity contribution in [1.29, 1.82) is 0 Å². The summed E-state index contributed by atoms with van der Waals surface area (Å²) in [6.45, 7) is 4.69. The van der Waals surface area contributed by atoms with Crippen LogP contribution in [0.15, 0.2) is 23.1 Å². The molecular weight excluding hydrogens is 304 g/mol. The number of nitrogens with zero attached hydrogens (tertiary/aromatic N) is 1. The number of benzene rings is 1. The molecular formula is C12H13ClN2O4S. The number of carbonyl (C=O) groups is 1. The van der Waals surface area contributed by atoms with Crippen molar-refractivity contribution in [2.75, 3.05) is 4.90 Å². The van der Waals surface area contributed by atoms with Crippen molar-refractivity contribution in [2.45, 2.75) is 37.1 Å². The van der Waals surface area contributed by atoms with Crippen LogP contribution in [-0.2, 0) is 19.6 Å². The molecule has 1 aromatic carbocycles. The molecule has 2 heterocycles. The topological polar surface area (TPSA) is 75.7 Å². The lowest BCUT2D eigenvalue weighted by Gasteiger charge is -2.38. The summed E-state index contributed by atoms with van der Waals surface area (Å²) in [5, 5.41) is 0.348. The van der Waals surface area contributed by atoms with Gasteiger partial charge in [-0.1, -0.05) is 11.6 Å². The molecule has 1 atom stereocenters. The third-order valence-corrected chi connectivity index (χ3v) is 5.18. The molecule has 1 amide bonds. The van der Waals surface area contributed by atoms with Crippen LogP contribution in [-0.4, -0.2) is 25.8 Å². The van der Waals surface area contributed by atoms with E-state index in [0.717, 1.165) is 0 Å². The van der Waals surface area contributed by atoms with Crippen molar-refractivity contribution in [2.24, 2.45) is 0 Å². The summed E-state index contributed by atoms with van der Waals surface area (Å²) < 4.78 is 32.6. The van der Waals surface area contributed by atoms with Gasteiger partial charge in [0.2, 0.25) is 15.9 Å². The molecule has 0 radical (unpaired) electrons. The quantitative estimate of drug-likeness (QED) is 0.786. The van der Waals surface area contributed by atoms with E-state index in [2.05, 4.69) is 4.72 Å². The number of hydrogen-bond donors (Lipinski definition) is 1. The average Bonchev–Trinajstić information content (AvgIpc) is 2.42. The summed E-state index contributed by atoms with van der Waals surface area (Å²) in [5.74, 6) is -1.78. The number of anilines is 1. The van der Waals surface area contributed by atoms with Crippen LogP contribution in [0.4, 0.5) is 5.69 Å². The van der Waals surface area contributed by atoms with E-state index in [1.54, 1.807) is 13.8 Å². The van der Waals surface area contributed by atoms with Gasteiger partial charge in [0.25, 0.3) is 5.91 Å². The third-order valence-electron chi connectivity index (χ3n) is 3.37. The average molecular weight is 317 g/mol. The Morgan fingerprint density at radius 1 is 1.30 bits per heavy atom. The van der Waals surface area contributed by atoms with Crippen LogP contribution < -0.4 is 9.62 Å². The highest BCUT2D eigenvalue weighted by Crippen LogP contribution is 2.44. The number of sulfonamides is 1. The second kappa shape index (κ2) is 3.73. The van der Waals surface area contributed by atoms with Crippen molar-refractivity contribution < 1.29 is 17.9 Å². The molecule has 1 fully saturated rings. The van der Waals surface area contributed by atoms with Gasteiger partial charge in [-0.05, 0) is 39.0 Å². The smallest absolute Gasteiger partial charge is 0.262 e. The normalized spacial score (nSPS) is 30.0. The van der Waals surface area contributed by atoms with Crippen LogP contribution in [0.1, 0.15) is 20.8 Å². The third kappa shape index (κ3) is 1.70. The highest BCUT2D eigenvalue weighted by atomic mass is 35.5. The van der Waals surface area contributed by atoms with Gasteiger partial charge in [-0.25, -0.2) is 8.42 Å². The van der Waals surface area contributed by atoms with Crippen LogP contribution in [0.2, 0.25) is 5.02 Å². The Kier molecular flexibility index (Phi) is 2.58. The zero-order chi connectivity index (χ0) is 14.9. The van der Waals surface area contributed by atoms with E-state index in [0.29, 0.717) is 5.02 Å². The van der Waals surface area contributed by atoms with E-state index in [4.69, 9.17) is 16.3 Å². The molecule has 0 saturated carbocycles. The van der Waals surface area contributed by atoms with Gasteiger partial charge in [-0.15, -0.1) is 0 Å². The molecule has 0 aliphatic carbocycles. The maximum Gasteiger partial charge on any atom is 0.262 e. The molecule has 8 heteroatoms. The molecule has 1 N–H and O–H groups in total. The minimum atomic E-state index is -3.77. The van der Waals surface area contributed by atoms with Crippen molar-refractivity contribution >= 4 is 33.2 Å². The lowest BCUT2D eigenvalue weighted by Crippen LogP contribution is -2.60. The predicted molar refractivity (Wildman–Crippen MR) is 72.8 cm³/mol. The first-order valence-electron chi connectivity index (χ1n) is 5.95. The van der Waals surface area contributed by atoms with Gasteiger partial charge in [-0.2, -0.15) is 4.72 Å². The number of halogens is 1. The van der Waals surface area contributed by atoms with Crippen LogP contribution in [0.3, 0.4) is 0 Å². The highest BCUT2D eigenvalue weighted by Gasteiger charge is 2.59. The molecule has 2 aliphatic rings. The molecule has 6 nitrogen and oxygen atoms in total. The molecule has 1 aromatic rings. The Morgan fingerprint density at radius 3 is 2.60 bits per heavy atom. The minimum Gasteiger partial charge on any atom is -0.325 e. The first-order valence-corrected chi connectivity index (χ1v) is 7.81.